The molecule has 1 aromatic rings. The molecule has 3 heteroatoms. The lowest BCUT2D eigenvalue weighted by atomic mass is 10.3. The Bertz CT molecular complexity index is 313. The minimum atomic E-state index is -2.61. The second kappa shape index (κ2) is 2.56. The Morgan fingerprint density at radius 3 is 3.20 bits per heavy atom. The van der Waals surface area contributed by atoms with Gasteiger partial charge in [0.2, 0.25) is 0 Å². The van der Waals surface area contributed by atoms with Crippen molar-refractivity contribution in [2.75, 3.05) is 12.8 Å². The first-order valence-electron chi connectivity index (χ1n) is 4.12. The van der Waals surface area contributed by atoms with Crippen LogP contribution in [0.1, 0.15) is 4.11 Å². The van der Waals surface area contributed by atoms with Crippen LogP contribution in [-0.4, -0.2) is 7.04 Å². The molecule has 0 saturated heterocycles. The summed E-state index contributed by atoms with van der Waals surface area (Å²) in [7, 11) is -2.61. The van der Waals surface area contributed by atoms with Gasteiger partial charge in [0.05, 0.1) is 16.8 Å². The number of anilines is 1. The lowest BCUT2D eigenvalue weighted by molar-refractivity contribution is 0.413. The molecule has 0 unspecified atom stereocenters. The summed E-state index contributed by atoms with van der Waals surface area (Å²) in [6, 6.07) is 3.31. The zero-order valence-electron chi connectivity index (χ0n) is 8.10. The van der Waals surface area contributed by atoms with Crippen molar-refractivity contribution in [3.8, 4) is 5.75 Å². The van der Waals surface area contributed by atoms with Crippen LogP contribution in [0.5, 0.6) is 5.75 Å². The van der Waals surface area contributed by atoms with Crippen LogP contribution >= 0.6 is 0 Å². The minimum absolute atomic E-state index is 0.0949. The third-order valence-corrected chi connectivity index (χ3v) is 1.09. The molecule has 0 bridgehead atoms. The normalized spacial score (nSPS) is 15.1. The highest BCUT2D eigenvalue weighted by Crippen LogP contribution is 2.20. The van der Waals surface area contributed by atoms with E-state index in [0.29, 0.717) is 0 Å². The van der Waals surface area contributed by atoms with Crippen molar-refractivity contribution in [2.45, 2.75) is 0 Å². The van der Waals surface area contributed by atoms with Gasteiger partial charge in [0, 0.05) is 6.07 Å². The van der Waals surface area contributed by atoms with Gasteiger partial charge < -0.3 is 10.5 Å². The molecule has 10 heavy (non-hydrogen) atoms. The summed E-state index contributed by atoms with van der Waals surface area (Å²) in [4.78, 5) is 0. The van der Waals surface area contributed by atoms with Crippen LogP contribution in [-0.2, 0) is 0 Å². The molecule has 1 rings (SSSR count). The van der Waals surface area contributed by atoms with Gasteiger partial charge in [-0.1, -0.05) is 0 Å². The predicted molar refractivity (Wildman–Crippen MR) is 37.4 cm³/mol. The van der Waals surface area contributed by atoms with E-state index in [9.17, 15) is 4.39 Å². The second-order valence-electron chi connectivity index (χ2n) is 1.78. The van der Waals surface area contributed by atoms with E-state index in [4.69, 9.17) is 9.85 Å². The van der Waals surface area contributed by atoms with Crippen LogP contribution < -0.4 is 10.5 Å². The summed E-state index contributed by atoms with van der Waals surface area (Å²) >= 11 is 0. The molecule has 0 aromatic heterocycles. The molecule has 0 spiro atoms. The zero-order chi connectivity index (χ0) is 10.1. The van der Waals surface area contributed by atoms with E-state index in [1.54, 1.807) is 0 Å². The van der Waals surface area contributed by atoms with Crippen molar-refractivity contribution in [2.24, 2.45) is 0 Å². The van der Waals surface area contributed by atoms with Crippen molar-refractivity contribution in [3.63, 3.8) is 0 Å². The Morgan fingerprint density at radius 1 is 1.70 bits per heavy atom. The maximum Gasteiger partial charge on any atom is 0.144 e. The van der Waals surface area contributed by atoms with Crippen LogP contribution in [0.4, 0.5) is 10.1 Å². The first-order valence-corrected chi connectivity index (χ1v) is 2.62. The third kappa shape index (κ3) is 1.18. The van der Waals surface area contributed by atoms with Gasteiger partial charge in [0.1, 0.15) is 11.6 Å². The van der Waals surface area contributed by atoms with E-state index in [2.05, 4.69) is 4.74 Å². The minimum Gasteiger partial charge on any atom is -0.494 e. The van der Waals surface area contributed by atoms with Gasteiger partial charge in [0.25, 0.3) is 0 Å². The number of nitrogens with two attached hydrogens (primary N) is 1. The lowest BCUT2D eigenvalue weighted by Crippen LogP contribution is -1.92. The molecule has 0 amide bonds. The number of nitrogen functional groups attached to an aromatic ring is 1. The monoisotopic (exact) mass is 144 g/mol. The van der Waals surface area contributed by atoms with Crippen molar-refractivity contribution in [3.05, 3.63) is 24.0 Å². The molecule has 0 radical (unpaired) electrons. The SMILES string of the molecule is [2H]C([2H])([2H])Oc1cc(F)ccc1N. The summed E-state index contributed by atoms with van der Waals surface area (Å²) in [6.07, 6.45) is 0. The zero-order valence-corrected chi connectivity index (χ0v) is 5.10. The number of hydrogen-bond acceptors (Lipinski definition) is 2. The molecule has 0 aliphatic heterocycles. The third-order valence-electron chi connectivity index (χ3n) is 1.09. The molecule has 0 atom stereocenters. The average molecular weight is 144 g/mol. The van der Waals surface area contributed by atoms with Crippen LogP contribution in [0.2, 0.25) is 0 Å². The number of benzene rings is 1. The maximum atomic E-state index is 12.6. The Balaban J connectivity index is 2.94. The Kier molecular flexibility index (Phi) is 0.974. The molecular weight excluding hydrogens is 133 g/mol. The van der Waals surface area contributed by atoms with Crippen LogP contribution in [0.3, 0.4) is 0 Å². The summed E-state index contributed by atoms with van der Waals surface area (Å²) in [5, 5.41) is 0. The molecule has 0 aliphatic carbocycles. The quantitative estimate of drug-likeness (QED) is 0.605. The number of halogens is 1. The molecule has 0 saturated carbocycles. The van der Waals surface area contributed by atoms with E-state index < -0.39 is 12.9 Å². The van der Waals surface area contributed by atoms with E-state index in [1.807, 2.05) is 0 Å². The Labute approximate surface area is 62.6 Å². The first-order chi connectivity index (χ1) is 5.88. The summed E-state index contributed by atoms with van der Waals surface area (Å²) < 4.78 is 37.4. The van der Waals surface area contributed by atoms with Crippen molar-refractivity contribution in [1.82, 2.24) is 0 Å². The fraction of sp³-hybridized carbons (Fsp3) is 0.143. The maximum absolute atomic E-state index is 12.6. The summed E-state index contributed by atoms with van der Waals surface area (Å²) in [6.45, 7) is 0. The molecule has 2 nitrogen and oxygen atoms in total. The van der Waals surface area contributed by atoms with Crippen molar-refractivity contribution < 1.29 is 13.2 Å². The summed E-state index contributed by atoms with van der Waals surface area (Å²) in [5.41, 5.74) is 5.45. The van der Waals surface area contributed by atoms with E-state index in [0.717, 1.165) is 12.1 Å². The van der Waals surface area contributed by atoms with Gasteiger partial charge in [-0.3, -0.25) is 0 Å². The van der Waals surface area contributed by atoms with E-state index >= 15 is 0 Å². The fourth-order valence-electron chi connectivity index (χ4n) is 0.597. The van der Waals surface area contributed by atoms with E-state index in [-0.39, 0.29) is 11.4 Å². The van der Waals surface area contributed by atoms with Crippen LogP contribution in [0.15, 0.2) is 18.2 Å². The molecule has 2 N–H and O–H groups in total. The van der Waals surface area contributed by atoms with Gasteiger partial charge >= 0.3 is 0 Å². The Morgan fingerprint density at radius 2 is 2.50 bits per heavy atom. The number of ether oxygens (including phenoxy) is 1. The average Bonchev–Trinajstić information content (AvgIpc) is 1.94. The fourth-order valence-corrected chi connectivity index (χ4v) is 0.597. The molecule has 54 valence electrons. The number of rotatable bonds is 1. The summed E-state index contributed by atoms with van der Waals surface area (Å²) in [5.74, 6) is -0.756. The smallest absolute Gasteiger partial charge is 0.144 e. The highest BCUT2D eigenvalue weighted by molar-refractivity contribution is 5.51. The molecule has 0 fully saturated rings. The van der Waals surface area contributed by atoms with Gasteiger partial charge in [-0.15, -0.1) is 0 Å². The number of methoxy groups -OCH3 is 1. The van der Waals surface area contributed by atoms with Crippen LogP contribution in [0.25, 0.3) is 0 Å². The largest absolute Gasteiger partial charge is 0.494 e. The molecule has 0 aliphatic rings. The van der Waals surface area contributed by atoms with Crippen LogP contribution in [0, 0.1) is 5.82 Å². The first kappa shape index (κ1) is 3.81. The van der Waals surface area contributed by atoms with E-state index in [1.165, 1.54) is 6.07 Å². The highest BCUT2D eigenvalue weighted by atomic mass is 19.1. The molecule has 1 aromatic carbocycles. The van der Waals surface area contributed by atoms with Gasteiger partial charge in [-0.25, -0.2) is 4.39 Å². The molecule has 0 heterocycles. The van der Waals surface area contributed by atoms with Gasteiger partial charge in [-0.2, -0.15) is 0 Å². The predicted octanol–water partition coefficient (Wildman–Crippen LogP) is 1.42. The second-order valence-corrected chi connectivity index (χ2v) is 1.78. The highest BCUT2D eigenvalue weighted by Gasteiger charge is 1.98. The Hall–Kier alpha value is -1.25. The van der Waals surface area contributed by atoms with Crippen molar-refractivity contribution in [1.29, 1.82) is 0 Å². The topological polar surface area (TPSA) is 35.2 Å². The van der Waals surface area contributed by atoms with Crippen molar-refractivity contribution >= 4 is 5.69 Å². The van der Waals surface area contributed by atoms with Gasteiger partial charge in [0.15, 0.2) is 0 Å². The van der Waals surface area contributed by atoms with Gasteiger partial charge in [-0.05, 0) is 12.1 Å². The molecular formula is C7H8FNO. The lowest BCUT2D eigenvalue weighted by Gasteiger charge is -2.01. The number of hydrogen-bond donors (Lipinski definition) is 1. The standard InChI is InChI=1S/C7H8FNO/c1-10-7-4-5(8)2-3-6(7)9/h2-4H,9H2,1H3/i1D3.